The predicted octanol–water partition coefficient (Wildman–Crippen LogP) is 2.83. The summed E-state index contributed by atoms with van der Waals surface area (Å²) in [6, 6.07) is 0. The molecule has 2 nitrogen and oxygen atoms in total. The van der Waals surface area contributed by atoms with Crippen LogP contribution in [0, 0.1) is 0 Å². The Kier molecular flexibility index (Phi) is 4.30. The van der Waals surface area contributed by atoms with E-state index < -0.39 is 25.5 Å². The van der Waals surface area contributed by atoms with Crippen LogP contribution in [0.5, 0.6) is 0 Å². The average molecular weight is 295 g/mol. The van der Waals surface area contributed by atoms with Crippen molar-refractivity contribution in [3.63, 3.8) is 0 Å². The van der Waals surface area contributed by atoms with E-state index in [-0.39, 0.29) is 0 Å². The van der Waals surface area contributed by atoms with Gasteiger partial charge in [-0.2, -0.15) is 30.7 Å². The maximum Gasteiger partial charge on any atom is 0.524 e. The van der Waals surface area contributed by atoms with Crippen molar-refractivity contribution < 1.29 is 39.6 Å². The molecule has 0 bridgehead atoms. The smallest absolute Gasteiger partial charge is 0.383 e. The van der Waals surface area contributed by atoms with Gasteiger partial charge in [0.1, 0.15) is 0 Å². The molecular weight excluding hydrogens is 289 g/mol. The highest BCUT2D eigenvalue weighted by molar-refractivity contribution is 7.14. The van der Waals surface area contributed by atoms with E-state index in [0.29, 0.717) is 14.2 Å². The summed E-state index contributed by atoms with van der Waals surface area (Å²) in [5.41, 5.74) is -5.66. The number of alkyl halides is 7. The first kappa shape index (κ1) is 15.9. The molecule has 98 valence electrons. The molecule has 0 aromatic rings. The lowest BCUT2D eigenvalue weighted by molar-refractivity contribution is -0.339. The molecule has 0 radical (unpaired) electrons. The Morgan fingerprint density at radius 3 is 1.38 bits per heavy atom. The lowest BCUT2D eigenvalue weighted by Crippen LogP contribution is -2.66. The van der Waals surface area contributed by atoms with Gasteiger partial charge < -0.3 is 8.85 Å². The number of halogens is 8. The second-order valence-electron chi connectivity index (χ2n) is 2.59. The van der Waals surface area contributed by atoms with E-state index in [4.69, 9.17) is 11.1 Å². The predicted molar refractivity (Wildman–Crippen MR) is 41.6 cm³/mol. The van der Waals surface area contributed by atoms with Gasteiger partial charge in [0.25, 0.3) is 0 Å². The zero-order valence-electron chi connectivity index (χ0n) is 7.84. The highest BCUT2D eigenvalue weighted by Crippen LogP contribution is 2.51. The summed E-state index contributed by atoms with van der Waals surface area (Å²) in [4.78, 5) is 0. The highest BCUT2D eigenvalue weighted by atomic mass is 35.6. The zero-order valence-corrected chi connectivity index (χ0v) is 9.60. The van der Waals surface area contributed by atoms with Crippen LogP contribution in [0.15, 0.2) is 0 Å². The van der Waals surface area contributed by atoms with Gasteiger partial charge in [0.05, 0.1) is 0 Å². The molecule has 0 aliphatic carbocycles. The van der Waals surface area contributed by atoms with Crippen LogP contribution in [0.2, 0.25) is 0 Å². The molecule has 0 amide bonds. The molecule has 0 rings (SSSR count). The topological polar surface area (TPSA) is 18.5 Å². The van der Waals surface area contributed by atoms with Gasteiger partial charge in [-0.25, -0.2) is 0 Å². The van der Waals surface area contributed by atoms with E-state index in [1.807, 2.05) is 0 Å². The van der Waals surface area contributed by atoms with E-state index in [2.05, 4.69) is 8.85 Å². The average Bonchev–Trinajstić information content (AvgIpc) is 2.14. The summed E-state index contributed by atoms with van der Waals surface area (Å²) < 4.78 is 93.7. The van der Waals surface area contributed by atoms with Gasteiger partial charge in [-0.05, 0) is 0 Å². The molecule has 0 aliphatic rings. The number of hydrogen-bond donors (Lipinski definition) is 0. The fraction of sp³-hybridized carbons (Fsp3) is 1.00. The minimum absolute atomic E-state index is 0.461. The Labute approximate surface area is 91.2 Å². The van der Waals surface area contributed by atoms with Crippen LogP contribution in [0.4, 0.5) is 30.7 Å². The third-order valence-electron chi connectivity index (χ3n) is 1.65. The summed E-state index contributed by atoms with van der Waals surface area (Å²) >= 11 is 4.85. The van der Waals surface area contributed by atoms with Gasteiger partial charge in [-0.3, -0.25) is 0 Å². The summed E-state index contributed by atoms with van der Waals surface area (Å²) in [6.07, 6.45) is -6.46. The molecule has 0 unspecified atom stereocenters. The van der Waals surface area contributed by atoms with E-state index in [9.17, 15) is 30.7 Å². The van der Waals surface area contributed by atoms with Gasteiger partial charge in [-0.15, -0.1) is 0 Å². The second-order valence-corrected chi connectivity index (χ2v) is 6.60. The molecule has 0 aliphatic heterocycles. The standard InChI is InChI=1S/C5H6ClF7O2Si/c1-14-16(6,15-2)5(12,13)3(7,8)4(9,10)11/h1-2H3. The molecule has 0 aromatic carbocycles. The van der Waals surface area contributed by atoms with Crippen LogP contribution >= 0.6 is 11.1 Å². The van der Waals surface area contributed by atoms with Crippen LogP contribution < -0.4 is 0 Å². The summed E-state index contributed by atoms with van der Waals surface area (Å²) in [6.45, 7) is 0. The third kappa shape index (κ3) is 2.15. The van der Waals surface area contributed by atoms with Gasteiger partial charge in [0.2, 0.25) is 0 Å². The van der Waals surface area contributed by atoms with Crippen molar-refractivity contribution in [1.29, 1.82) is 0 Å². The first-order valence-corrected chi connectivity index (χ1v) is 6.31. The zero-order chi connectivity index (χ0) is 13.4. The van der Waals surface area contributed by atoms with Crippen molar-refractivity contribution in [2.24, 2.45) is 0 Å². The van der Waals surface area contributed by atoms with Gasteiger partial charge in [-0.1, -0.05) is 11.1 Å². The van der Waals surface area contributed by atoms with Crippen LogP contribution in [0.1, 0.15) is 0 Å². The van der Waals surface area contributed by atoms with Crippen molar-refractivity contribution >= 4 is 18.9 Å². The molecule has 0 N–H and O–H groups in total. The second kappa shape index (κ2) is 4.31. The summed E-state index contributed by atoms with van der Waals surface area (Å²) in [7, 11) is -4.58. The van der Waals surface area contributed by atoms with E-state index in [1.54, 1.807) is 0 Å². The molecule has 0 spiro atoms. The molecule has 16 heavy (non-hydrogen) atoms. The van der Waals surface area contributed by atoms with Gasteiger partial charge >= 0.3 is 25.5 Å². The highest BCUT2D eigenvalue weighted by Gasteiger charge is 2.83. The Hall–Kier alpha value is -0.0631. The quantitative estimate of drug-likeness (QED) is 0.451. The Balaban J connectivity index is 5.51. The van der Waals surface area contributed by atoms with Crippen LogP contribution in [0.25, 0.3) is 0 Å². The van der Waals surface area contributed by atoms with Crippen molar-refractivity contribution in [2.75, 3.05) is 14.2 Å². The molecule has 0 saturated carbocycles. The van der Waals surface area contributed by atoms with Gasteiger partial charge in [0.15, 0.2) is 0 Å². The first-order valence-electron chi connectivity index (χ1n) is 3.49. The number of hydrogen-bond acceptors (Lipinski definition) is 2. The van der Waals surface area contributed by atoms with E-state index >= 15 is 0 Å². The molecule has 0 atom stereocenters. The largest absolute Gasteiger partial charge is 0.524 e. The summed E-state index contributed by atoms with van der Waals surface area (Å²) in [5, 5.41) is 0. The third-order valence-corrected chi connectivity index (χ3v) is 5.40. The summed E-state index contributed by atoms with van der Waals surface area (Å²) in [5.74, 6) is -6.33. The molecule has 0 saturated heterocycles. The van der Waals surface area contributed by atoms with E-state index in [1.165, 1.54) is 0 Å². The fourth-order valence-corrected chi connectivity index (χ4v) is 2.26. The van der Waals surface area contributed by atoms with Crippen molar-refractivity contribution in [3.05, 3.63) is 0 Å². The maximum atomic E-state index is 13.0. The first-order chi connectivity index (χ1) is 6.87. The van der Waals surface area contributed by atoms with Crippen LogP contribution in [0.3, 0.4) is 0 Å². The monoisotopic (exact) mass is 294 g/mol. The van der Waals surface area contributed by atoms with Crippen molar-refractivity contribution in [1.82, 2.24) is 0 Å². The minimum atomic E-state index is -6.46. The van der Waals surface area contributed by atoms with Crippen LogP contribution in [-0.4, -0.2) is 39.7 Å². The van der Waals surface area contributed by atoms with E-state index in [0.717, 1.165) is 0 Å². The fourth-order valence-electron chi connectivity index (χ4n) is 0.705. The normalized spacial score (nSPS) is 15.4. The van der Waals surface area contributed by atoms with Gasteiger partial charge in [0, 0.05) is 14.2 Å². The molecule has 0 fully saturated rings. The van der Waals surface area contributed by atoms with Crippen molar-refractivity contribution in [2.45, 2.75) is 17.6 Å². The molecule has 0 aromatic heterocycles. The lowest BCUT2D eigenvalue weighted by Gasteiger charge is -2.34. The Bertz CT molecular complexity index is 252. The Morgan fingerprint density at radius 2 is 1.19 bits per heavy atom. The van der Waals surface area contributed by atoms with Crippen molar-refractivity contribution in [3.8, 4) is 0 Å². The maximum absolute atomic E-state index is 13.0. The SMILES string of the molecule is CO[Si](Cl)(OC)C(F)(F)C(F)(F)C(F)(F)F. The molecule has 11 heteroatoms. The Morgan fingerprint density at radius 1 is 0.875 bits per heavy atom. The van der Waals surface area contributed by atoms with Crippen LogP contribution in [-0.2, 0) is 8.85 Å². The minimum Gasteiger partial charge on any atom is -0.383 e. The molecular formula is C5H6ClF7O2Si. The lowest BCUT2D eigenvalue weighted by atomic mass is 10.3. The number of rotatable bonds is 4. The molecule has 0 heterocycles.